The van der Waals surface area contributed by atoms with Gasteiger partial charge in [0.05, 0.1) is 36.5 Å². The van der Waals surface area contributed by atoms with Crippen LogP contribution in [-0.4, -0.2) is 73.6 Å². The van der Waals surface area contributed by atoms with Crippen LogP contribution in [0, 0.1) is 6.92 Å². The molecule has 1 fully saturated rings. The molecule has 0 atom stereocenters. The fourth-order valence-corrected chi connectivity index (χ4v) is 5.00. The molecule has 4 rings (SSSR count). The summed E-state index contributed by atoms with van der Waals surface area (Å²) in [5, 5.41) is 2.58. The number of nitrogens with zero attached hydrogens (tertiary/aromatic N) is 4. The molecule has 1 N–H and O–H groups in total. The SMILES string of the molecule is Cc1c(NC(=O)CN(c2ccc(C(=O)N3CCOCC3)cc2)S(C)(=O)=O)c(=O)n(-c2ccccc2)n1C. The molecule has 2 aromatic carbocycles. The van der Waals surface area contributed by atoms with Crippen LogP contribution < -0.4 is 15.2 Å². The second-order valence-electron chi connectivity index (χ2n) is 8.71. The normalized spacial score (nSPS) is 13.9. The van der Waals surface area contributed by atoms with Gasteiger partial charge in [-0.3, -0.25) is 23.4 Å². The molecule has 37 heavy (non-hydrogen) atoms. The second-order valence-corrected chi connectivity index (χ2v) is 10.6. The predicted octanol–water partition coefficient (Wildman–Crippen LogP) is 1.36. The van der Waals surface area contributed by atoms with Crippen molar-refractivity contribution in [2.45, 2.75) is 6.92 Å². The molecule has 1 saturated heterocycles. The van der Waals surface area contributed by atoms with E-state index in [0.29, 0.717) is 43.2 Å². The number of morpholine rings is 1. The number of rotatable bonds is 7. The van der Waals surface area contributed by atoms with Gasteiger partial charge >= 0.3 is 0 Å². The Morgan fingerprint density at radius 1 is 1.03 bits per heavy atom. The summed E-state index contributed by atoms with van der Waals surface area (Å²) in [6.45, 7) is 3.06. The first-order valence-corrected chi connectivity index (χ1v) is 13.5. The Kier molecular flexibility index (Phi) is 7.50. The average Bonchev–Trinajstić information content (AvgIpc) is 3.10. The largest absolute Gasteiger partial charge is 0.378 e. The van der Waals surface area contributed by atoms with Crippen LogP contribution in [0.1, 0.15) is 16.1 Å². The molecule has 12 heteroatoms. The Bertz CT molecular complexity index is 1460. The molecule has 11 nitrogen and oxygen atoms in total. The summed E-state index contributed by atoms with van der Waals surface area (Å²) in [6, 6.07) is 15.0. The van der Waals surface area contributed by atoms with Gasteiger partial charge in [0, 0.05) is 25.7 Å². The molecule has 1 aromatic heterocycles. The fraction of sp³-hybridized carbons (Fsp3) is 0.320. The monoisotopic (exact) mass is 527 g/mol. The van der Waals surface area contributed by atoms with Gasteiger partial charge in [-0.15, -0.1) is 0 Å². The van der Waals surface area contributed by atoms with Gasteiger partial charge in [-0.25, -0.2) is 13.1 Å². The molecule has 0 aliphatic carbocycles. The highest BCUT2D eigenvalue weighted by Crippen LogP contribution is 2.20. The van der Waals surface area contributed by atoms with Crippen molar-refractivity contribution in [3.63, 3.8) is 0 Å². The molecule has 0 radical (unpaired) electrons. The highest BCUT2D eigenvalue weighted by Gasteiger charge is 2.25. The van der Waals surface area contributed by atoms with Crippen molar-refractivity contribution in [1.82, 2.24) is 14.3 Å². The lowest BCUT2D eigenvalue weighted by molar-refractivity contribution is -0.114. The topological polar surface area (TPSA) is 123 Å². The van der Waals surface area contributed by atoms with Crippen molar-refractivity contribution in [3.8, 4) is 5.69 Å². The average molecular weight is 528 g/mol. The van der Waals surface area contributed by atoms with Gasteiger partial charge in [-0.1, -0.05) is 18.2 Å². The van der Waals surface area contributed by atoms with E-state index < -0.39 is 28.0 Å². The summed E-state index contributed by atoms with van der Waals surface area (Å²) in [6.07, 6.45) is 0.989. The van der Waals surface area contributed by atoms with Gasteiger partial charge in [0.25, 0.3) is 11.5 Å². The summed E-state index contributed by atoms with van der Waals surface area (Å²) in [4.78, 5) is 40.4. The minimum Gasteiger partial charge on any atom is -0.378 e. The molecule has 2 amide bonds. The smallest absolute Gasteiger partial charge is 0.295 e. The number of hydrogen-bond acceptors (Lipinski definition) is 6. The number of nitrogens with one attached hydrogen (secondary N) is 1. The molecule has 0 unspecified atom stereocenters. The number of amides is 2. The third kappa shape index (κ3) is 5.59. The van der Waals surface area contributed by atoms with Gasteiger partial charge in [0.2, 0.25) is 15.9 Å². The van der Waals surface area contributed by atoms with Gasteiger partial charge in [0.15, 0.2) is 0 Å². The fourth-order valence-electron chi connectivity index (χ4n) is 4.14. The Labute approximate surface area is 214 Å². The second kappa shape index (κ2) is 10.6. The van der Waals surface area contributed by atoms with E-state index in [2.05, 4.69) is 5.32 Å². The van der Waals surface area contributed by atoms with Crippen molar-refractivity contribution in [1.29, 1.82) is 0 Å². The third-order valence-electron chi connectivity index (χ3n) is 6.21. The van der Waals surface area contributed by atoms with Crippen molar-refractivity contribution in [2.24, 2.45) is 7.05 Å². The molecule has 1 aliphatic heterocycles. The van der Waals surface area contributed by atoms with E-state index in [1.54, 1.807) is 47.8 Å². The summed E-state index contributed by atoms with van der Waals surface area (Å²) in [5.41, 5.74) is 1.41. The van der Waals surface area contributed by atoms with Gasteiger partial charge < -0.3 is 15.0 Å². The van der Waals surface area contributed by atoms with Crippen molar-refractivity contribution in [3.05, 3.63) is 76.2 Å². The number of ether oxygens (including phenoxy) is 1. The van der Waals surface area contributed by atoms with E-state index in [1.807, 2.05) is 6.07 Å². The lowest BCUT2D eigenvalue weighted by Gasteiger charge is -2.27. The summed E-state index contributed by atoms with van der Waals surface area (Å²) < 4.78 is 34.3. The zero-order valence-corrected chi connectivity index (χ0v) is 21.7. The number of anilines is 2. The van der Waals surface area contributed by atoms with Crippen LogP contribution in [-0.2, 0) is 26.6 Å². The highest BCUT2D eigenvalue weighted by molar-refractivity contribution is 7.92. The van der Waals surface area contributed by atoms with E-state index in [4.69, 9.17) is 4.74 Å². The maximum atomic E-state index is 13.1. The molecule has 2 heterocycles. The maximum absolute atomic E-state index is 13.1. The molecule has 1 aliphatic rings. The summed E-state index contributed by atoms with van der Waals surface area (Å²) in [5.74, 6) is -0.849. The number of sulfonamides is 1. The Morgan fingerprint density at radius 2 is 1.65 bits per heavy atom. The zero-order chi connectivity index (χ0) is 26.7. The third-order valence-corrected chi connectivity index (χ3v) is 7.35. The van der Waals surface area contributed by atoms with Crippen molar-refractivity contribution < 1.29 is 22.7 Å². The quantitative estimate of drug-likeness (QED) is 0.495. The first-order chi connectivity index (χ1) is 17.6. The van der Waals surface area contributed by atoms with E-state index in [1.165, 1.54) is 28.9 Å². The van der Waals surface area contributed by atoms with E-state index in [9.17, 15) is 22.8 Å². The van der Waals surface area contributed by atoms with Crippen LogP contribution in [0.5, 0.6) is 0 Å². The van der Waals surface area contributed by atoms with E-state index in [-0.39, 0.29) is 17.3 Å². The van der Waals surface area contributed by atoms with Crippen LogP contribution in [0.3, 0.4) is 0 Å². The molecular formula is C25H29N5O6S. The van der Waals surface area contributed by atoms with Gasteiger partial charge in [0.1, 0.15) is 12.2 Å². The lowest BCUT2D eigenvalue weighted by Crippen LogP contribution is -2.40. The summed E-state index contributed by atoms with van der Waals surface area (Å²) in [7, 11) is -2.16. The molecule has 0 bridgehead atoms. The Hall–Kier alpha value is -3.90. The number of aromatic nitrogens is 2. The van der Waals surface area contributed by atoms with Crippen molar-refractivity contribution >= 4 is 33.2 Å². The number of hydrogen-bond donors (Lipinski definition) is 1. The van der Waals surface area contributed by atoms with Crippen LogP contribution in [0.2, 0.25) is 0 Å². The van der Waals surface area contributed by atoms with Crippen LogP contribution in [0.25, 0.3) is 5.69 Å². The highest BCUT2D eigenvalue weighted by atomic mass is 32.2. The van der Waals surface area contributed by atoms with Gasteiger partial charge in [-0.05, 0) is 43.3 Å². The molecule has 196 valence electrons. The first-order valence-electron chi connectivity index (χ1n) is 11.7. The van der Waals surface area contributed by atoms with Crippen LogP contribution in [0.15, 0.2) is 59.4 Å². The maximum Gasteiger partial charge on any atom is 0.295 e. The van der Waals surface area contributed by atoms with E-state index in [0.717, 1.165) is 10.6 Å². The van der Waals surface area contributed by atoms with E-state index >= 15 is 0 Å². The number of para-hydroxylation sites is 1. The lowest BCUT2D eigenvalue weighted by atomic mass is 10.1. The van der Waals surface area contributed by atoms with Crippen molar-refractivity contribution in [2.75, 3.05) is 48.7 Å². The minimum absolute atomic E-state index is 0.0660. The number of benzene rings is 2. The van der Waals surface area contributed by atoms with Crippen LogP contribution in [0.4, 0.5) is 11.4 Å². The molecular weight excluding hydrogens is 498 g/mol. The number of carbonyl (C=O) groups is 2. The first kappa shape index (κ1) is 26.2. The number of carbonyl (C=O) groups excluding carboxylic acids is 2. The minimum atomic E-state index is -3.85. The summed E-state index contributed by atoms with van der Waals surface area (Å²) >= 11 is 0. The molecule has 0 saturated carbocycles. The molecule has 0 spiro atoms. The van der Waals surface area contributed by atoms with Gasteiger partial charge in [-0.2, -0.15) is 0 Å². The Balaban J connectivity index is 1.54. The predicted molar refractivity (Wildman–Crippen MR) is 140 cm³/mol. The zero-order valence-electron chi connectivity index (χ0n) is 20.9. The standard InChI is InChI=1S/C25H29N5O6S/c1-18-23(25(33)30(27(18)2)21-7-5-4-6-8-21)26-22(31)17-29(37(3,34)35)20-11-9-19(10-12-20)24(32)28-13-15-36-16-14-28/h4-12H,13-17H2,1-3H3,(H,26,31). The van der Waals surface area contributed by atoms with Crippen LogP contribution >= 0.6 is 0 Å². The molecule has 3 aromatic rings. The Morgan fingerprint density at radius 3 is 2.24 bits per heavy atom.